The highest BCUT2D eigenvalue weighted by atomic mass is 16.4. The molecule has 1 aromatic rings. The lowest BCUT2D eigenvalue weighted by atomic mass is 9.89. The van der Waals surface area contributed by atoms with E-state index in [2.05, 4.69) is 51.4 Å². The first-order valence-electron chi connectivity index (χ1n) is 6.39. The summed E-state index contributed by atoms with van der Waals surface area (Å²) in [5, 5.41) is 20.7. The second-order valence-corrected chi connectivity index (χ2v) is 4.06. The van der Waals surface area contributed by atoms with E-state index in [1.165, 1.54) is 22.3 Å². The number of hydrogen-bond acceptors (Lipinski definition) is 2. The van der Waals surface area contributed by atoms with E-state index >= 15 is 0 Å². The third kappa shape index (κ3) is 4.19. The first kappa shape index (κ1) is 16.8. The Kier molecular flexibility index (Phi) is 7.81. The van der Waals surface area contributed by atoms with Crippen LogP contribution in [-0.4, -0.2) is 10.4 Å². The number of aryl methyl sites for hydroxylation is 2. The van der Waals surface area contributed by atoms with Crippen molar-refractivity contribution in [1.82, 2.24) is 0 Å². The molecule has 2 N–H and O–H groups in total. The normalized spacial score (nSPS) is 8.58. The Hall–Kier alpha value is -2.20. The molecular formula is C15H22N2O2+2. The van der Waals surface area contributed by atoms with E-state index in [0.29, 0.717) is 0 Å². The Morgan fingerprint density at radius 2 is 1.63 bits per heavy atom. The van der Waals surface area contributed by atoms with E-state index in [1.807, 2.05) is 5.01 Å². The van der Waals surface area contributed by atoms with Crippen LogP contribution in [0.25, 0.3) is 10.0 Å². The molecule has 0 spiro atoms. The zero-order valence-corrected chi connectivity index (χ0v) is 12.1. The van der Waals surface area contributed by atoms with Crippen LogP contribution in [0.15, 0.2) is 6.07 Å². The van der Waals surface area contributed by atoms with Crippen molar-refractivity contribution < 1.29 is 10.4 Å². The molecule has 0 atom stereocenters. The van der Waals surface area contributed by atoms with Crippen LogP contribution in [0.3, 0.4) is 0 Å². The molecule has 1 aromatic carbocycles. The van der Waals surface area contributed by atoms with Gasteiger partial charge >= 0.3 is 12.6 Å². The van der Waals surface area contributed by atoms with Crippen molar-refractivity contribution in [2.45, 2.75) is 47.0 Å². The molecule has 0 aliphatic rings. The van der Waals surface area contributed by atoms with E-state index in [0.717, 1.165) is 24.8 Å². The van der Waals surface area contributed by atoms with Crippen molar-refractivity contribution in [2.75, 3.05) is 0 Å². The van der Waals surface area contributed by atoms with Gasteiger partial charge in [0.2, 0.25) is 10.0 Å². The van der Waals surface area contributed by atoms with Gasteiger partial charge in [0.05, 0.1) is 0 Å². The lowest BCUT2D eigenvalue weighted by molar-refractivity contribution is 0.465. The van der Waals surface area contributed by atoms with Crippen molar-refractivity contribution in [2.24, 2.45) is 0 Å². The molecule has 0 bridgehead atoms. The molecule has 0 saturated heterocycles. The summed E-state index contributed by atoms with van der Waals surface area (Å²) in [6, 6.07) is 4.93. The van der Waals surface area contributed by atoms with Crippen LogP contribution in [0.2, 0.25) is 0 Å². The molecule has 1 rings (SSSR count). The van der Waals surface area contributed by atoms with E-state index in [4.69, 9.17) is 10.4 Å². The lowest BCUT2D eigenvalue weighted by Crippen LogP contribution is -2.02. The van der Waals surface area contributed by atoms with Crippen molar-refractivity contribution >= 4 is 0 Å². The monoisotopic (exact) mass is 262 g/mol. The zero-order chi connectivity index (χ0) is 14.8. The van der Waals surface area contributed by atoms with Crippen LogP contribution in [-0.2, 0) is 19.3 Å². The summed E-state index contributed by atoms with van der Waals surface area (Å²) < 4.78 is 0. The fourth-order valence-electron chi connectivity index (χ4n) is 2.24. The first-order valence-corrected chi connectivity index (χ1v) is 6.39. The van der Waals surface area contributed by atoms with E-state index in [9.17, 15) is 0 Å². The van der Waals surface area contributed by atoms with Gasteiger partial charge in [-0.25, -0.2) is 0 Å². The van der Waals surface area contributed by atoms with Gasteiger partial charge in [0, 0.05) is 0 Å². The summed E-state index contributed by atoms with van der Waals surface area (Å²) in [4.78, 5) is 0. The van der Waals surface area contributed by atoms with Crippen LogP contribution < -0.4 is 0 Å². The minimum Gasteiger partial charge on any atom is -0.178 e. The minimum atomic E-state index is 0.943. The van der Waals surface area contributed by atoms with Crippen LogP contribution >= 0.6 is 0 Å². The number of hydrogen-bond donors (Lipinski definition) is 2. The SMILES string of the molecule is C#[N+]O.CCc1cc(CC)c(C#[N+]O)c(CC)c1C. The maximum Gasteiger partial charge on any atom is 0.388 e. The van der Waals surface area contributed by atoms with Gasteiger partial charge < -0.3 is 0 Å². The highest BCUT2D eigenvalue weighted by Crippen LogP contribution is 2.24. The Morgan fingerprint density at radius 1 is 1.11 bits per heavy atom. The molecule has 0 amide bonds. The van der Waals surface area contributed by atoms with Gasteiger partial charge in [0.15, 0.2) is 0 Å². The molecule has 4 nitrogen and oxygen atoms in total. The summed E-state index contributed by atoms with van der Waals surface area (Å²) in [5.74, 6) is 0. The molecule has 0 unspecified atom stereocenters. The molecule has 0 aromatic heterocycles. The minimum absolute atomic E-state index is 0.943. The third-order valence-corrected chi connectivity index (χ3v) is 3.18. The smallest absolute Gasteiger partial charge is 0.178 e. The van der Waals surface area contributed by atoms with Gasteiger partial charge in [-0.2, -0.15) is 10.4 Å². The average Bonchev–Trinajstić information content (AvgIpc) is 2.41. The number of benzene rings is 1. The molecular weight excluding hydrogens is 240 g/mol. The molecule has 0 radical (unpaired) electrons. The zero-order valence-electron chi connectivity index (χ0n) is 12.1. The molecule has 4 heteroatoms. The summed E-state index contributed by atoms with van der Waals surface area (Å²) in [7, 11) is 0. The molecule has 0 heterocycles. The average molecular weight is 262 g/mol. The van der Waals surface area contributed by atoms with E-state index < -0.39 is 0 Å². The molecule has 19 heavy (non-hydrogen) atoms. The first-order chi connectivity index (χ1) is 9.10. The topological polar surface area (TPSA) is 49.2 Å². The Bertz CT molecular complexity index is 520. The van der Waals surface area contributed by atoms with Crippen LogP contribution in [0.5, 0.6) is 0 Å². The summed E-state index contributed by atoms with van der Waals surface area (Å²) in [5.41, 5.74) is 6.15. The quantitative estimate of drug-likeness (QED) is 0.806. The van der Waals surface area contributed by atoms with E-state index in [1.54, 1.807) is 0 Å². The largest absolute Gasteiger partial charge is 0.388 e. The van der Waals surface area contributed by atoms with Crippen molar-refractivity contribution in [3.05, 3.63) is 43.9 Å². The Labute approximate surface area is 114 Å². The molecule has 0 fully saturated rings. The predicted octanol–water partition coefficient (Wildman–Crippen LogP) is 4.09. The van der Waals surface area contributed by atoms with Crippen LogP contribution in [0, 0.1) is 19.6 Å². The third-order valence-electron chi connectivity index (χ3n) is 3.18. The molecule has 0 aliphatic carbocycles. The fraction of sp³-hybridized carbons (Fsp3) is 0.467. The number of rotatable bonds is 3. The van der Waals surface area contributed by atoms with Crippen molar-refractivity contribution in [3.63, 3.8) is 0 Å². The van der Waals surface area contributed by atoms with Gasteiger partial charge in [-0.05, 0) is 48.4 Å². The van der Waals surface area contributed by atoms with Crippen LogP contribution in [0.1, 0.15) is 48.6 Å². The standard InChI is InChI=1S/C14H19NO.CHNO/c1-5-11-8-12(6-2)14(9-15-16)13(7-3)10(11)4;1-2-3/h8H,5-7H2,1-4H3;1H/p+2. The van der Waals surface area contributed by atoms with Gasteiger partial charge in [-0.1, -0.05) is 26.8 Å². The molecule has 0 aliphatic heterocycles. The van der Waals surface area contributed by atoms with Crippen molar-refractivity contribution in [3.8, 4) is 12.6 Å². The highest BCUT2D eigenvalue weighted by molar-refractivity contribution is 5.52. The van der Waals surface area contributed by atoms with Gasteiger partial charge in [-0.3, -0.25) is 0 Å². The van der Waals surface area contributed by atoms with Gasteiger partial charge in [0.25, 0.3) is 0 Å². The second kappa shape index (κ2) is 8.83. The Morgan fingerprint density at radius 3 is 2.00 bits per heavy atom. The van der Waals surface area contributed by atoms with Crippen molar-refractivity contribution in [1.29, 1.82) is 0 Å². The predicted molar refractivity (Wildman–Crippen MR) is 77.5 cm³/mol. The van der Waals surface area contributed by atoms with Gasteiger partial charge in [-0.15, -0.1) is 0 Å². The second-order valence-electron chi connectivity index (χ2n) is 4.06. The Balaban J connectivity index is 0.000000982. The fourth-order valence-corrected chi connectivity index (χ4v) is 2.24. The summed E-state index contributed by atoms with van der Waals surface area (Å²) in [6.45, 7) is 12.6. The summed E-state index contributed by atoms with van der Waals surface area (Å²) >= 11 is 0. The maximum atomic E-state index is 8.69. The van der Waals surface area contributed by atoms with Crippen LogP contribution in [0.4, 0.5) is 0 Å². The maximum absolute atomic E-state index is 8.69. The van der Waals surface area contributed by atoms with Gasteiger partial charge in [0.1, 0.15) is 5.56 Å². The molecule has 102 valence electrons. The highest BCUT2D eigenvalue weighted by Gasteiger charge is 2.15. The van der Waals surface area contributed by atoms with E-state index in [-0.39, 0.29) is 0 Å². The lowest BCUT2D eigenvalue weighted by Gasteiger charge is -2.13. The summed E-state index contributed by atoms with van der Waals surface area (Å²) in [6.07, 6.45) is 2.94. The number of nitrogens with zero attached hydrogens (tertiary/aromatic N) is 2. The molecule has 0 saturated carbocycles.